The fraction of sp³-hybridized carbons (Fsp3) is 0.371. The van der Waals surface area contributed by atoms with Crippen molar-refractivity contribution in [2.24, 2.45) is 10.9 Å². The summed E-state index contributed by atoms with van der Waals surface area (Å²) in [7, 11) is -0.283. The number of sulfonamides is 1. The standard InChI is InChI=1S/C35H44Cl2N6O6S/c1-25-30(36)16-17-31(34(25)37)50(47,48)43(21-18-27-10-6-5-7-11-27)24-32(45)39-22-33(46)42(20-9-8-19-41(3)4)23-28-12-14-29(15-13-28)35(38)40-49-26(2)44/h5-7,10-17H,8-9,18-24H2,1-4H3,(H2,38,40)(H,39,45). The molecule has 15 heteroatoms. The number of nitrogens with one attached hydrogen (secondary N) is 1. The van der Waals surface area contributed by atoms with Crippen LogP contribution >= 0.6 is 23.2 Å². The molecule has 0 fully saturated rings. The number of hydrogen-bond acceptors (Lipinski definition) is 8. The highest BCUT2D eigenvalue weighted by Crippen LogP contribution is 2.32. The van der Waals surface area contributed by atoms with E-state index in [2.05, 4.69) is 20.2 Å². The first-order valence-corrected chi connectivity index (χ1v) is 18.2. The van der Waals surface area contributed by atoms with Crippen molar-refractivity contribution in [3.63, 3.8) is 0 Å². The van der Waals surface area contributed by atoms with Gasteiger partial charge in [-0.3, -0.25) is 9.59 Å². The number of oxime groups is 1. The maximum absolute atomic E-state index is 13.9. The minimum absolute atomic E-state index is 0.00416. The largest absolute Gasteiger partial charge is 0.380 e. The van der Waals surface area contributed by atoms with Gasteiger partial charge in [0.2, 0.25) is 21.8 Å². The van der Waals surface area contributed by atoms with Gasteiger partial charge in [0.05, 0.1) is 18.1 Å². The van der Waals surface area contributed by atoms with Crippen molar-refractivity contribution in [1.82, 2.24) is 19.4 Å². The highest BCUT2D eigenvalue weighted by Gasteiger charge is 2.30. The van der Waals surface area contributed by atoms with Gasteiger partial charge in [-0.15, -0.1) is 0 Å². The summed E-state index contributed by atoms with van der Waals surface area (Å²) in [5, 5.41) is 6.51. The number of amidine groups is 1. The van der Waals surface area contributed by atoms with E-state index in [9.17, 15) is 22.8 Å². The average Bonchev–Trinajstić information content (AvgIpc) is 3.08. The van der Waals surface area contributed by atoms with E-state index in [1.165, 1.54) is 19.1 Å². The Morgan fingerprint density at radius 2 is 1.56 bits per heavy atom. The summed E-state index contributed by atoms with van der Waals surface area (Å²) in [5.41, 5.74) is 8.52. The summed E-state index contributed by atoms with van der Waals surface area (Å²) >= 11 is 12.6. The fourth-order valence-corrected chi connectivity index (χ4v) is 7.03. The second-order valence-corrected chi connectivity index (χ2v) is 14.6. The van der Waals surface area contributed by atoms with Crippen molar-refractivity contribution < 1.29 is 27.6 Å². The maximum Gasteiger partial charge on any atom is 0.332 e. The van der Waals surface area contributed by atoms with E-state index < -0.39 is 28.4 Å². The Kier molecular flexibility index (Phi) is 15.7. The topological polar surface area (TPSA) is 155 Å². The first-order valence-electron chi connectivity index (χ1n) is 16.0. The van der Waals surface area contributed by atoms with Gasteiger partial charge in [-0.1, -0.05) is 83.0 Å². The van der Waals surface area contributed by atoms with Crippen LogP contribution in [-0.2, 0) is 42.2 Å². The van der Waals surface area contributed by atoms with Crippen LogP contribution < -0.4 is 11.1 Å². The third-order valence-corrected chi connectivity index (χ3v) is 10.6. The lowest BCUT2D eigenvalue weighted by molar-refractivity contribution is -0.141. The average molecular weight is 748 g/mol. The first-order chi connectivity index (χ1) is 23.7. The molecule has 0 heterocycles. The molecular weight excluding hydrogens is 703 g/mol. The van der Waals surface area contributed by atoms with Crippen molar-refractivity contribution in [1.29, 1.82) is 0 Å². The van der Waals surface area contributed by atoms with Crippen molar-refractivity contribution in [3.05, 3.63) is 99.0 Å². The van der Waals surface area contributed by atoms with Crippen LogP contribution in [-0.4, -0.2) is 93.0 Å². The number of halogens is 2. The van der Waals surface area contributed by atoms with Crippen molar-refractivity contribution in [3.8, 4) is 0 Å². The van der Waals surface area contributed by atoms with Crippen LogP contribution in [0.2, 0.25) is 10.0 Å². The molecule has 0 aliphatic carbocycles. The summed E-state index contributed by atoms with van der Waals surface area (Å²) in [5.74, 6) is -1.54. The van der Waals surface area contributed by atoms with Gasteiger partial charge in [-0.2, -0.15) is 4.31 Å². The van der Waals surface area contributed by atoms with Crippen LogP contribution in [0.15, 0.2) is 76.8 Å². The second-order valence-electron chi connectivity index (χ2n) is 11.9. The third kappa shape index (κ3) is 12.4. The molecule has 0 aromatic heterocycles. The molecule has 270 valence electrons. The quantitative estimate of drug-likeness (QED) is 0.0646. The lowest BCUT2D eigenvalue weighted by Gasteiger charge is -2.25. The summed E-state index contributed by atoms with van der Waals surface area (Å²) in [4.78, 5) is 45.9. The van der Waals surface area contributed by atoms with Crippen LogP contribution in [0.4, 0.5) is 0 Å². The zero-order valence-electron chi connectivity index (χ0n) is 28.7. The molecule has 50 heavy (non-hydrogen) atoms. The molecule has 2 amide bonds. The lowest BCUT2D eigenvalue weighted by atomic mass is 10.1. The predicted octanol–water partition coefficient (Wildman–Crippen LogP) is 4.21. The predicted molar refractivity (Wildman–Crippen MR) is 195 cm³/mol. The van der Waals surface area contributed by atoms with Gasteiger partial charge in [0.25, 0.3) is 0 Å². The normalized spacial score (nSPS) is 11.9. The van der Waals surface area contributed by atoms with Gasteiger partial charge in [0.1, 0.15) is 4.90 Å². The number of nitrogens with zero attached hydrogens (tertiary/aromatic N) is 4. The maximum atomic E-state index is 13.9. The van der Waals surface area contributed by atoms with Crippen LogP contribution in [0.3, 0.4) is 0 Å². The van der Waals surface area contributed by atoms with Crippen LogP contribution in [0.25, 0.3) is 0 Å². The Labute approximate surface area is 304 Å². The Morgan fingerprint density at radius 3 is 2.20 bits per heavy atom. The second kappa shape index (κ2) is 19.4. The molecule has 0 saturated carbocycles. The molecule has 0 atom stereocenters. The van der Waals surface area contributed by atoms with E-state index in [-0.39, 0.29) is 41.3 Å². The van der Waals surface area contributed by atoms with E-state index in [0.717, 1.165) is 34.8 Å². The Bertz CT molecular complexity index is 1760. The molecule has 0 spiro atoms. The van der Waals surface area contributed by atoms with Crippen molar-refractivity contribution >= 4 is 56.8 Å². The van der Waals surface area contributed by atoms with Crippen molar-refractivity contribution in [2.75, 3.05) is 46.8 Å². The molecule has 0 saturated heterocycles. The molecular formula is C35H44Cl2N6O6S. The lowest BCUT2D eigenvalue weighted by Crippen LogP contribution is -2.45. The number of carbonyl (C=O) groups is 3. The fourth-order valence-electron chi connectivity index (χ4n) is 4.85. The minimum atomic E-state index is -4.23. The molecule has 0 unspecified atom stereocenters. The smallest absolute Gasteiger partial charge is 0.332 e. The molecule has 12 nitrogen and oxygen atoms in total. The Morgan fingerprint density at radius 1 is 0.900 bits per heavy atom. The molecule has 0 aliphatic heterocycles. The third-order valence-electron chi connectivity index (χ3n) is 7.68. The summed E-state index contributed by atoms with van der Waals surface area (Å²) in [6.07, 6.45) is 1.92. The number of benzene rings is 3. The van der Waals surface area contributed by atoms with E-state index >= 15 is 0 Å². The number of amides is 2. The van der Waals surface area contributed by atoms with Gasteiger partial charge in [0, 0.05) is 37.1 Å². The monoisotopic (exact) mass is 746 g/mol. The zero-order chi connectivity index (χ0) is 36.8. The van der Waals surface area contributed by atoms with Gasteiger partial charge in [-0.05, 0) is 75.6 Å². The van der Waals surface area contributed by atoms with Crippen LogP contribution in [0.1, 0.15) is 42.0 Å². The van der Waals surface area contributed by atoms with Gasteiger partial charge < -0.3 is 25.7 Å². The minimum Gasteiger partial charge on any atom is -0.380 e. The molecule has 0 aliphatic rings. The Hall–Kier alpha value is -4.01. The molecule has 3 rings (SSSR count). The SMILES string of the molecule is CC(=O)ON=C(N)c1ccc(CN(CCCCN(C)C)C(=O)CNC(=O)CN(CCc2ccccc2)S(=O)(=O)c2ccc(Cl)c(C)c2Cl)cc1. The van der Waals surface area contributed by atoms with Crippen LogP contribution in [0, 0.1) is 6.92 Å². The summed E-state index contributed by atoms with van der Waals surface area (Å²) < 4.78 is 28.8. The van der Waals surface area contributed by atoms with Gasteiger partial charge in [0.15, 0.2) is 5.84 Å². The van der Waals surface area contributed by atoms with Gasteiger partial charge in [-0.25, -0.2) is 13.2 Å². The van der Waals surface area contributed by atoms with E-state index in [1.807, 2.05) is 44.4 Å². The first kappa shape index (κ1) is 40.4. The van der Waals surface area contributed by atoms with E-state index in [4.69, 9.17) is 28.9 Å². The van der Waals surface area contributed by atoms with Crippen LogP contribution in [0.5, 0.6) is 0 Å². The highest BCUT2D eigenvalue weighted by molar-refractivity contribution is 7.89. The Balaban J connectivity index is 1.74. The molecule has 0 radical (unpaired) electrons. The summed E-state index contributed by atoms with van der Waals surface area (Å²) in [6.45, 7) is 3.51. The van der Waals surface area contributed by atoms with E-state index in [1.54, 1.807) is 36.1 Å². The zero-order valence-corrected chi connectivity index (χ0v) is 31.0. The number of nitrogens with two attached hydrogens (primary N) is 1. The van der Waals surface area contributed by atoms with Gasteiger partial charge >= 0.3 is 5.97 Å². The van der Waals surface area contributed by atoms with E-state index in [0.29, 0.717) is 29.1 Å². The molecule has 3 N–H and O–H groups in total. The number of hydrogen-bond donors (Lipinski definition) is 2. The van der Waals surface area contributed by atoms with Crippen molar-refractivity contribution in [2.45, 2.75) is 44.6 Å². The number of rotatable bonds is 18. The molecule has 3 aromatic rings. The summed E-state index contributed by atoms with van der Waals surface area (Å²) in [6, 6.07) is 19.0. The number of carbonyl (C=O) groups excluding carboxylic acids is 3. The molecule has 0 bridgehead atoms. The number of unbranched alkanes of at least 4 members (excludes halogenated alkanes) is 1. The highest BCUT2D eigenvalue weighted by atomic mass is 35.5. The molecule has 3 aromatic carbocycles.